The Kier molecular flexibility index (Phi) is 5.06. The van der Waals surface area contributed by atoms with E-state index in [0.29, 0.717) is 6.42 Å². The lowest BCUT2D eigenvalue weighted by Crippen LogP contribution is -2.28. The van der Waals surface area contributed by atoms with Crippen molar-refractivity contribution in [2.75, 3.05) is 0 Å². The van der Waals surface area contributed by atoms with E-state index in [9.17, 15) is 4.79 Å². The van der Waals surface area contributed by atoms with Crippen molar-refractivity contribution >= 4 is 17.2 Å². The molecule has 1 amide bonds. The topological polar surface area (TPSA) is 42.0 Å². The number of nitrogens with zero attached hydrogens (tertiary/aromatic N) is 1. The van der Waals surface area contributed by atoms with E-state index in [1.165, 1.54) is 5.56 Å². The van der Waals surface area contributed by atoms with E-state index in [1.54, 1.807) is 11.3 Å². The predicted octanol–water partition coefficient (Wildman–Crippen LogP) is 4.54. The lowest BCUT2D eigenvalue weighted by molar-refractivity contribution is -0.121. The van der Waals surface area contributed by atoms with Crippen LogP contribution in [0.25, 0.3) is 10.6 Å². The number of carbonyl (C=O) groups excluding carboxylic acids is 1. The lowest BCUT2D eigenvalue weighted by atomic mass is 10.1. The number of aryl methyl sites for hydroxylation is 1. The molecule has 0 radical (unpaired) electrons. The van der Waals surface area contributed by atoms with Gasteiger partial charge in [0.2, 0.25) is 5.91 Å². The zero-order valence-electron chi connectivity index (χ0n) is 13.8. The van der Waals surface area contributed by atoms with Crippen LogP contribution in [0.4, 0.5) is 0 Å². The molecule has 1 N–H and O–H groups in total. The summed E-state index contributed by atoms with van der Waals surface area (Å²) in [5.74, 6) is -0.00731. The van der Waals surface area contributed by atoms with Crippen molar-refractivity contribution < 1.29 is 4.79 Å². The van der Waals surface area contributed by atoms with E-state index >= 15 is 0 Å². The first kappa shape index (κ1) is 16.4. The van der Waals surface area contributed by atoms with E-state index in [4.69, 9.17) is 0 Å². The molecule has 3 aromatic rings. The van der Waals surface area contributed by atoms with Gasteiger partial charge in [0.1, 0.15) is 5.01 Å². The van der Waals surface area contributed by atoms with Crippen molar-refractivity contribution in [1.29, 1.82) is 0 Å². The first-order valence-corrected chi connectivity index (χ1v) is 8.85. The third kappa shape index (κ3) is 4.09. The Morgan fingerprint density at radius 3 is 2.54 bits per heavy atom. The Labute approximate surface area is 146 Å². The van der Waals surface area contributed by atoms with Crippen molar-refractivity contribution in [3.8, 4) is 10.6 Å². The second-order valence-electron chi connectivity index (χ2n) is 5.89. The molecule has 3 rings (SSSR count). The Morgan fingerprint density at radius 2 is 1.83 bits per heavy atom. The monoisotopic (exact) mass is 336 g/mol. The van der Waals surface area contributed by atoms with Crippen LogP contribution in [-0.2, 0) is 11.2 Å². The molecule has 24 heavy (non-hydrogen) atoms. The summed E-state index contributed by atoms with van der Waals surface area (Å²) in [6, 6.07) is 18.2. The van der Waals surface area contributed by atoms with Gasteiger partial charge in [0, 0.05) is 10.9 Å². The third-order valence-corrected chi connectivity index (χ3v) is 4.81. The highest BCUT2D eigenvalue weighted by Crippen LogP contribution is 2.24. The van der Waals surface area contributed by atoms with Crippen molar-refractivity contribution in [2.45, 2.75) is 26.3 Å². The van der Waals surface area contributed by atoms with E-state index < -0.39 is 0 Å². The SMILES string of the molecule is Cc1ccc(-c2nc(CC(=O)NC(C)c3ccccc3)cs2)cc1. The molecule has 1 unspecified atom stereocenters. The summed E-state index contributed by atoms with van der Waals surface area (Å²) in [4.78, 5) is 16.8. The number of rotatable bonds is 5. The second kappa shape index (κ2) is 7.41. The van der Waals surface area contributed by atoms with E-state index in [0.717, 1.165) is 21.8 Å². The molecule has 1 aromatic heterocycles. The maximum absolute atomic E-state index is 12.2. The van der Waals surface area contributed by atoms with E-state index in [1.807, 2.05) is 42.6 Å². The van der Waals surface area contributed by atoms with E-state index in [-0.39, 0.29) is 11.9 Å². The minimum absolute atomic E-state index is 0.00564. The maximum Gasteiger partial charge on any atom is 0.226 e. The number of nitrogens with one attached hydrogen (secondary N) is 1. The highest BCUT2D eigenvalue weighted by atomic mass is 32.1. The number of benzene rings is 2. The van der Waals surface area contributed by atoms with Gasteiger partial charge in [-0.25, -0.2) is 4.98 Å². The van der Waals surface area contributed by atoms with Crippen LogP contribution in [0.5, 0.6) is 0 Å². The minimum atomic E-state index is -0.00731. The summed E-state index contributed by atoms with van der Waals surface area (Å²) < 4.78 is 0. The van der Waals surface area contributed by atoms with Gasteiger partial charge in [-0.1, -0.05) is 60.2 Å². The average Bonchev–Trinajstić information content (AvgIpc) is 3.04. The number of hydrogen-bond donors (Lipinski definition) is 1. The van der Waals surface area contributed by atoms with Crippen LogP contribution in [-0.4, -0.2) is 10.9 Å². The molecule has 0 aliphatic carbocycles. The summed E-state index contributed by atoms with van der Waals surface area (Å²) in [6.45, 7) is 4.06. The molecule has 2 aromatic carbocycles. The van der Waals surface area contributed by atoms with Gasteiger partial charge in [0.25, 0.3) is 0 Å². The molecule has 1 heterocycles. The standard InChI is InChI=1S/C20H20N2OS/c1-14-8-10-17(11-9-14)20-22-18(13-24-20)12-19(23)21-15(2)16-6-4-3-5-7-16/h3-11,13,15H,12H2,1-2H3,(H,21,23). The molecule has 0 saturated heterocycles. The molecular formula is C20H20N2OS. The van der Waals surface area contributed by atoms with Gasteiger partial charge < -0.3 is 5.32 Å². The number of hydrogen-bond acceptors (Lipinski definition) is 3. The molecule has 0 aliphatic heterocycles. The highest BCUT2D eigenvalue weighted by molar-refractivity contribution is 7.13. The van der Waals surface area contributed by atoms with E-state index in [2.05, 4.69) is 41.5 Å². The molecule has 0 spiro atoms. The molecule has 4 heteroatoms. The highest BCUT2D eigenvalue weighted by Gasteiger charge is 2.12. The van der Waals surface area contributed by atoms with Gasteiger partial charge >= 0.3 is 0 Å². The Morgan fingerprint density at radius 1 is 1.12 bits per heavy atom. The second-order valence-corrected chi connectivity index (χ2v) is 6.74. The number of thiazole rings is 1. The van der Waals surface area contributed by atoms with Crippen molar-refractivity contribution in [2.24, 2.45) is 0 Å². The van der Waals surface area contributed by atoms with Crippen LogP contribution in [0.15, 0.2) is 60.0 Å². The smallest absolute Gasteiger partial charge is 0.226 e. The summed E-state index contributed by atoms with van der Waals surface area (Å²) in [5, 5.41) is 5.94. The molecule has 3 nitrogen and oxygen atoms in total. The Hall–Kier alpha value is -2.46. The van der Waals surface area contributed by atoms with Gasteiger partial charge in [-0.3, -0.25) is 4.79 Å². The van der Waals surface area contributed by atoms with Crippen LogP contribution < -0.4 is 5.32 Å². The molecule has 0 aliphatic rings. The Bertz CT molecular complexity index is 809. The summed E-state index contributed by atoms with van der Waals surface area (Å²) in [7, 11) is 0. The van der Waals surface area contributed by atoms with Crippen LogP contribution in [0, 0.1) is 6.92 Å². The fourth-order valence-electron chi connectivity index (χ4n) is 2.50. The zero-order valence-corrected chi connectivity index (χ0v) is 14.6. The predicted molar refractivity (Wildman–Crippen MR) is 99.0 cm³/mol. The third-order valence-electron chi connectivity index (χ3n) is 3.87. The molecule has 1 atom stereocenters. The largest absolute Gasteiger partial charge is 0.349 e. The van der Waals surface area contributed by atoms with Gasteiger partial charge in [0.05, 0.1) is 18.2 Å². The van der Waals surface area contributed by atoms with Crippen molar-refractivity contribution in [3.63, 3.8) is 0 Å². The van der Waals surface area contributed by atoms with Crippen LogP contribution >= 0.6 is 11.3 Å². The van der Waals surface area contributed by atoms with Crippen LogP contribution in [0.2, 0.25) is 0 Å². The molecule has 0 fully saturated rings. The van der Waals surface area contributed by atoms with Crippen LogP contribution in [0.3, 0.4) is 0 Å². The van der Waals surface area contributed by atoms with Crippen molar-refractivity contribution in [3.05, 3.63) is 76.8 Å². The van der Waals surface area contributed by atoms with Gasteiger partial charge in [0.15, 0.2) is 0 Å². The Balaban J connectivity index is 1.62. The van der Waals surface area contributed by atoms with Gasteiger partial charge in [-0.2, -0.15) is 0 Å². The molecular weight excluding hydrogens is 316 g/mol. The first-order chi connectivity index (χ1) is 11.6. The minimum Gasteiger partial charge on any atom is -0.349 e. The van der Waals surface area contributed by atoms with Crippen molar-refractivity contribution in [1.82, 2.24) is 10.3 Å². The van der Waals surface area contributed by atoms with Gasteiger partial charge in [-0.05, 0) is 19.4 Å². The quantitative estimate of drug-likeness (QED) is 0.743. The molecule has 0 bridgehead atoms. The summed E-state index contributed by atoms with van der Waals surface area (Å²) >= 11 is 1.57. The molecule has 122 valence electrons. The number of aromatic nitrogens is 1. The summed E-state index contributed by atoms with van der Waals surface area (Å²) in [6.07, 6.45) is 0.305. The van der Waals surface area contributed by atoms with Gasteiger partial charge in [-0.15, -0.1) is 11.3 Å². The maximum atomic E-state index is 12.2. The fraction of sp³-hybridized carbons (Fsp3) is 0.200. The number of carbonyl (C=O) groups is 1. The first-order valence-electron chi connectivity index (χ1n) is 7.97. The zero-order chi connectivity index (χ0) is 16.9. The molecule has 0 saturated carbocycles. The summed E-state index contributed by atoms with van der Waals surface area (Å²) in [5.41, 5.74) is 4.23. The average molecular weight is 336 g/mol. The lowest BCUT2D eigenvalue weighted by Gasteiger charge is -2.13. The number of amides is 1. The normalized spacial score (nSPS) is 11.9. The van der Waals surface area contributed by atoms with Crippen LogP contribution in [0.1, 0.15) is 29.8 Å². The fourth-order valence-corrected chi connectivity index (χ4v) is 3.32.